The molecular weight excluding hydrogens is 186 g/mol. The van der Waals surface area contributed by atoms with Gasteiger partial charge in [0.2, 0.25) is 0 Å². The molecule has 0 atom stereocenters. The van der Waals surface area contributed by atoms with Gasteiger partial charge in [-0.3, -0.25) is 4.98 Å². The molecule has 0 saturated heterocycles. The molecule has 74 valence electrons. The lowest BCUT2D eigenvalue weighted by Crippen LogP contribution is -1.83. The van der Waals surface area contributed by atoms with Crippen LogP contribution in [0, 0.1) is 0 Å². The van der Waals surface area contributed by atoms with Gasteiger partial charge in [0.05, 0.1) is 11.7 Å². The van der Waals surface area contributed by atoms with E-state index in [0.717, 1.165) is 11.2 Å². The van der Waals surface area contributed by atoms with Gasteiger partial charge in [-0.25, -0.2) is 0 Å². The number of rotatable bonds is 1. The van der Waals surface area contributed by atoms with E-state index in [1.54, 1.807) is 0 Å². The monoisotopic (exact) mass is 197 g/mol. The topological polar surface area (TPSA) is 33.6 Å². The molecule has 0 unspecified atom stereocenters. The van der Waals surface area contributed by atoms with Gasteiger partial charge in [-0.1, -0.05) is 0 Å². The summed E-state index contributed by atoms with van der Waals surface area (Å²) in [5.74, 6) is 0. The molecule has 0 spiro atoms. The van der Waals surface area contributed by atoms with Crippen LogP contribution in [0.4, 0.5) is 0 Å². The number of nitrogens with one attached hydrogen (secondary N) is 1. The smallest absolute Gasteiger partial charge is 0.0671 e. The van der Waals surface area contributed by atoms with E-state index in [0.29, 0.717) is 0 Å². The van der Waals surface area contributed by atoms with Crippen LogP contribution in [-0.4, -0.2) is 14.5 Å². The van der Waals surface area contributed by atoms with Crippen molar-refractivity contribution in [2.75, 3.05) is 0 Å². The van der Waals surface area contributed by atoms with Crippen molar-refractivity contribution >= 4 is 10.9 Å². The largest absolute Gasteiger partial charge is 0.361 e. The summed E-state index contributed by atoms with van der Waals surface area (Å²) >= 11 is 0. The van der Waals surface area contributed by atoms with E-state index in [2.05, 4.69) is 26.8 Å². The van der Waals surface area contributed by atoms with E-state index in [9.17, 15) is 0 Å². The second-order valence-corrected chi connectivity index (χ2v) is 3.63. The summed E-state index contributed by atoms with van der Waals surface area (Å²) in [5, 5.41) is 1.23. The molecule has 0 aromatic carbocycles. The Kier molecular flexibility index (Phi) is 1.65. The number of H-pyrrole nitrogens is 1. The number of hydrogen-bond acceptors (Lipinski definition) is 1. The molecule has 15 heavy (non-hydrogen) atoms. The van der Waals surface area contributed by atoms with Gasteiger partial charge in [0.25, 0.3) is 0 Å². The Balaban J connectivity index is 2.37. The van der Waals surface area contributed by atoms with Gasteiger partial charge in [-0.2, -0.15) is 0 Å². The third-order valence-electron chi connectivity index (χ3n) is 2.68. The summed E-state index contributed by atoms with van der Waals surface area (Å²) in [5.41, 5.74) is 3.52. The molecule has 0 aliphatic heterocycles. The second kappa shape index (κ2) is 2.98. The molecule has 3 heterocycles. The van der Waals surface area contributed by atoms with Gasteiger partial charge in [0.15, 0.2) is 0 Å². The van der Waals surface area contributed by atoms with Crippen LogP contribution >= 0.6 is 0 Å². The van der Waals surface area contributed by atoms with Gasteiger partial charge in [-0.05, 0) is 18.2 Å². The average Bonchev–Trinajstić information content (AvgIpc) is 2.87. The van der Waals surface area contributed by atoms with Crippen LogP contribution in [0.2, 0.25) is 0 Å². The molecule has 0 bridgehead atoms. The zero-order chi connectivity index (χ0) is 10.3. The van der Waals surface area contributed by atoms with E-state index in [4.69, 9.17) is 0 Å². The van der Waals surface area contributed by atoms with Crippen LogP contribution in [-0.2, 0) is 7.05 Å². The second-order valence-electron chi connectivity index (χ2n) is 3.63. The molecule has 0 aliphatic carbocycles. The number of aromatic amines is 1. The van der Waals surface area contributed by atoms with Crippen molar-refractivity contribution in [3.8, 4) is 11.3 Å². The van der Waals surface area contributed by atoms with Crippen LogP contribution in [0.15, 0.2) is 43.0 Å². The number of fused-ring (bicyclic) bond motifs is 1. The molecule has 0 amide bonds. The predicted octanol–water partition coefficient (Wildman–Crippen LogP) is 2.57. The number of nitrogens with zero attached hydrogens (tertiary/aromatic N) is 2. The molecule has 3 aromatic heterocycles. The maximum atomic E-state index is 4.14. The molecule has 0 saturated carbocycles. The van der Waals surface area contributed by atoms with E-state index >= 15 is 0 Å². The first-order valence-corrected chi connectivity index (χ1v) is 4.89. The fourth-order valence-corrected chi connectivity index (χ4v) is 1.94. The number of pyridine rings is 1. The van der Waals surface area contributed by atoms with Crippen LogP contribution in [0.3, 0.4) is 0 Å². The van der Waals surface area contributed by atoms with E-state index in [-0.39, 0.29) is 0 Å². The van der Waals surface area contributed by atoms with E-state index in [1.807, 2.05) is 37.8 Å². The highest BCUT2D eigenvalue weighted by molar-refractivity contribution is 5.94. The van der Waals surface area contributed by atoms with Gasteiger partial charge in [-0.15, -0.1) is 0 Å². The van der Waals surface area contributed by atoms with E-state index < -0.39 is 0 Å². The minimum atomic E-state index is 1.15. The highest BCUT2D eigenvalue weighted by Gasteiger charge is 2.07. The summed E-state index contributed by atoms with van der Waals surface area (Å²) in [6, 6.07) is 6.13. The Bertz CT molecular complexity index is 590. The highest BCUT2D eigenvalue weighted by Crippen LogP contribution is 2.27. The Hall–Kier alpha value is -2.03. The summed E-state index contributed by atoms with van der Waals surface area (Å²) in [6.07, 6.45) is 7.78. The maximum Gasteiger partial charge on any atom is 0.0671 e. The molecule has 3 heteroatoms. The normalized spacial score (nSPS) is 11.0. The Morgan fingerprint density at radius 2 is 2.27 bits per heavy atom. The first kappa shape index (κ1) is 8.29. The molecule has 3 aromatic rings. The van der Waals surface area contributed by atoms with E-state index in [1.165, 1.54) is 10.9 Å². The summed E-state index contributed by atoms with van der Waals surface area (Å²) in [4.78, 5) is 7.36. The highest BCUT2D eigenvalue weighted by atomic mass is 14.9. The van der Waals surface area contributed by atoms with Gasteiger partial charge in [0.1, 0.15) is 0 Å². The zero-order valence-corrected chi connectivity index (χ0v) is 8.44. The SMILES string of the molecule is Cn1cc(-c2ccc[nH]2)c2ccncc21. The Labute approximate surface area is 87.4 Å². The summed E-state index contributed by atoms with van der Waals surface area (Å²) in [6.45, 7) is 0. The van der Waals surface area contributed by atoms with Gasteiger partial charge >= 0.3 is 0 Å². The van der Waals surface area contributed by atoms with Crippen LogP contribution in [0.5, 0.6) is 0 Å². The van der Waals surface area contributed by atoms with Crippen molar-refractivity contribution in [3.63, 3.8) is 0 Å². The van der Waals surface area contributed by atoms with Crippen LogP contribution < -0.4 is 0 Å². The summed E-state index contributed by atoms with van der Waals surface area (Å²) in [7, 11) is 2.04. The number of hydrogen-bond donors (Lipinski definition) is 1. The first-order chi connectivity index (χ1) is 7.36. The number of aryl methyl sites for hydroxylation is 1. The predicted molar refractivity (Wildman–Crippen MR) is 60.5 cm³/mol. The molecule has 0 radical (unpaired) electrons. The molecule has 0 fully saturated rings. The molecular formula is C12H11N3. The average molecular weight is 197 g/mol. The Morgan fingerprint density at radius 3 is 3.07 bits per heavy atom. The van der Waals surface area contributed by atoms with Crippen molar-refractivity contribution < 1.29 is 0 Å². The van der Waals surface area contributed by atoms with Crippen LogP contribution in [0.25, 0.3) is 22.2 Å². The lowest BCUT2D eigenvalue weighted by atomic mass is 10.1. The standard InChI is InChI=1S/C12H11N3/c1-15-8-10(11-3-2-5-14-11)9-4-6-13-7-12(9)15/h2-8,14H,1H3. The maximum absolute atomic E-state index is 4.14. The van der Waals surface area contributed by atoms with Crippen molar-refractivity contribution in [1.29, 1.82) is 0 Å². The molecule has 3 rings (SSSR count). The van der Waals surface area contributed by atoms with Gasteiger partial charge in [0, 0.05) is 42.3 Å². The lowest BCUT2D eigenvalue weighted by Gasteiger charge is -1.94. The van der Waals surface area contributed by atoms with Gasteiger partial charge < -0.3 is 9.55 Å². The van der Waals surface area contributed by atoms with Crippen molar-refractivity contribution in [1.82, 2.24) is 14.5 Å². The van der Waals surface area contributed by atoms with Crippen molar-refractivity contribution in [3.05, 3.63) is 43.0 Å². The number of aromatic nitrogens is 3. The summed E-state index contributed by atoms with van der Waals surface area (Å²) < 4.78 is 2.10. The minimum Gasteiger partial charge on any atom is -0.361 e. The third kappa shape index (κ3) is 1.16. The lowest BCUT2D eigenvalue weighted by molar-refractivity contribution is 0.965. The van der Waals surface area contributed by atoms with Crippen molar-refractivity contribution in [2.24, 2.45) is 7.05 Å². The third-order valence-corrected chi connectivity index (χ3v) is 2.68. The fraction of sp³-hybridized carbons (Fsp3) is 0.0833. The Morgan fingerprint density at radius 1 is 1.33 bits per heavy atom. The molecule has 3 nitrogen and oxygen atoms in total. The quantitative estimate of drug-likeness (QED) is 0.639. The van der Waals surface area contributed by atoms with Crippen molar-refractivity contribution in [2.45, 2.75) is 0 Å². The molecule has 1 N–H and O–H groups in total. The minimum absolute atomic E-state index is 1.15. The fourth-order valence-electron chi connectivity index (χ4n) is 1.94. The molecule has 0 aliphatic rings. The van der Waals surface area contributed by atoms with Crippen LogP contribution in [0.1, 0.15) is 0 Å². The first-order valence-electron chi connectivity index (χ1n) is 4.89. The zero-order valence-electron chi connectivity index (χ0n) is 8.44.